The Morgan fingerprint density at radius 2 is 1.35 bits per heavy atom. The summed E-state index contributed by atoms with van der Waals surface area (Å²) in [5, 5.41) is 2.76. The Hall–Kier alpha value is -4.13. The second kappa shape index (κ2) is 10.1. The van der Waals surface area contributed by atoms with Crippen molar-refractivity contribution in [3.05, 3.63) is 95.6 Å². The van der Waals surface area contributed by atoms with Crippen molar-refractivity contribution >= 4 is 23.4 Å². The van der Waals surface area contributed by atoms with Crippen molar-refractivity contribution in [2.24, 2.45) is 0 Å². The molecule has 0 saturated heterocycles. The van der Waals surface area contributed by atoms with Gasteiger partial charge in [-0.25, -0.2) is 0 Å². The van der Waals surface area contributed by atoms with Crippen LogP contribution in [0.1, 0.15) is 33.2 Å². The molecule has 0 saturated carbocycles. The molecule has 7 nitrogen and oxygen atoms in total. The molecule has 7 heteroatoms. The lowest BCUT2D eigenvalue weighted by molar-refractivity contribution is -0.128. The van der Waals surface area contributed by atoms with Crippen LogP contribution in [0.5, 0.6) is 5.75 Å². The van der Waals surface area contributed by atoms with Gasteiger partial charge in [0.1, 0.15) is 5.75 Å². The largest absolute Gasteiger partial charge is 0.481 e. The number of ether oxygens (including phenoxy) is 1. The molecule has 3 rings (SSSR count). The number of hydrogen-bond donors (Lipinski definition) is 3. The lowest BCUT2D eigenvalue weighted by Gasteiger charge is -2.15. The third-order valence-electron chi connectivity index (χ3n) is 4.44. The van der Waals surface area contributed by atoms with E-state index in [1.807, 2.05) is 25.1 Å². The van der Waals surface area contributed by atoms with Gasteiger partial charge in [0.25, 0.3) is 17.7 Å². The summed E-state index contributed by atoms with van der Waals surface area (Å²) in [6, 6.07) is 22.5. The summed E-state index contributed by atoms with van der Waals surface area (Å²) in [6.07, 6.45) is -0.793. The Labute approximate surface area is 180 Å². The minimum absolute atomic E-state index is 0.243. The van der Waals surface area contributed by atoms with E-state index in [1.54, 1.807) is 67.6 Å². The third kappa shape index (κ3) is 6.17. The standard InChI is InChI=1S/C24H23N3O4/c1-16-8-14-21(15-9-16)31-17(2)22(28)26-27-24(30)19-10-12-20(13-11-19)25-23(29)18-6-4-3-5-7-18/h3-15,17H,1-2H3,(H,25,29)(H,26,28)(H,27,30)/t17-/m0/s1. The average Bonchev–Trinajstić information content (AvgIpc) is 2.79. The van der Waals surface area contributed by atoms with E-state index >= 15 is 0 Å². The third-order valence-corrected chi connectivity index (χ3v) is 4.44. The van der Waals surface area contributed by atoms with E-state index < -0.39 is 17.9 Å². The van der Waals surface area contributed by atoms with E-state index in [1.165, 1.54) is 0 Å². The van der Waals surface area contributed by atoms with E-state index in [0.29, 0.717) is 22.6 Å². The quantitative estimate of drug-likeness (QED) is 0.535. The molecule has 0 aliphatic rings. The monoisotopic (exact) mass is 417 g/mol. The average molecular weight is 417 g/mol. The van der Waals surface area contributed by atoms with Gasteiger partial charge in [-0.15, -0.1) is 0 Å². The van der Waals surface area contributed by atoms with E-state index in [4.69, 9.17) is 4.74 Å². The molecule has 3 N–H and O–H groups in total. The fraction of sp³-hybridized carbons (Fsp3) is 0.125. The first-order valence-corrected chi connectivity index (χ1v) is 9.72. The normalized spacial score (nSPS) is 11.2. The summed E-state index contributed by atoms with van der Waals surface area (Å²) in [5.41, 5.74) is 7.20. The van der Waals surface area contributed by atoms with Crippen LogP contribution in [0.25, 0.3) is 0 Å². The highest BCUT2D eigenvalue weighted by Crippen LogP contribution is 2.14. The molecule has 3 amide bonds. The van der Waals surface area contributed by atoms with E-state index in [0.717, 1.165) is 5.56 Å². The highest BCUT2D eigenvalue weighted by Gasteiger charge is 2.16. The van der Waals surface area contributed by atoms with Gasteiger partial charge in [0.2, 0.25) is 0 Å². The Morgan fingerprint density at radius 1 is 0.742 bits per heavy atom. The topological polar surface area (TPSA) is 96.5 Å². The van der Waals surface area contributed by atoms with Crippen LogP contribution in [0.15, 0.2) is 78.9 Å². The van der Waals surface area contributed by atoms with Crippen molar-refractivity contribution in [1.29, 1.82) is 0 Å². The predicted molar refractivity (Wildman–Crippen MR) is 118 cm³/mol. The lowest BCUT2D eigenvalue weighted by Crippen LogP contribution is -2.47. The van der Waals surface area contributed by atoms with Gasteiger partial charge in [-0.3, -0.25) is 25.2 Å². The van der Waals surface area contributed by atoms with Crippen molar-refractivity contribution in [3.63, 3.8) is 0 Å². The second-order valence-electron chi connectivity index (χ2n) is 6.91. The zero-order chi connectivity index (χ0) is 22.2. The molecule has 1 atom stereocenters. The Balaban J connectivity index is 1.49. The maximum Gasteiger partial charge on any atom is 0.279 e. The SMILES string of the molecule is Cc1ccc(O[C@@H](C)C(=O)NNC(=O)c2ccc(NC(=O)c3ccccc3)cc2)cc1. The molecule has 0 heterocycles. The first-order valence-electron chi connectivity index (χ1n) is 9.72. The lowest BCUT2D eigenvalue weighted by atomic mass is 10.1. The molecule has 0 aliphatic carbocycles. The molecule has 0 fully saturated rings. The second-order valence-corrected chi connectivity index (χ2v) is 6.91. The summed E-state index contributed by atoms with van der Waals surface area (Å²) >= 11 is 0. The summed E-state index contributed by atoms with van der Waals surface area (Å²) in [4.78, 5) is 36.6. The molecule has 0 unspecified atom stereocenters. The highest BCUT2D eigenvalue weighted by molar-refractivity contribution is 6.04. The van der Waals surface area contributed by atoms with Gasteiger partial charge in [0, 0.05) is 16.8 Å². The number of hydrazine groups is 1. The first kappa shape index (κ1) is 21.6. The minimum Gasteiger partial charge on any atom is -0.481 e. The molecule has 0 bridgehead atoms. The maximum atomic E-state index is 12.3. The molecule has 158 valence electrons. The summed E-state index contributed by atoms with van der Waals surface area (Å²) < 4.78 is 5.55. The van der Waals surface area contributed by atoms with Gasteiger partial charge < -0.3 is 10.1 Å². The number of rotatable bonds is 6. The Kier molecular flexibility index (Phi) is 7.01. The number of carbonyl (C=O) groups excluding carboxylic acids is 3. The maximum absolute atomic E-state index is 12.3. The number of aryl methyl sites for hydroxylation is 1. The first-order chi connectivity index (χ1) is 14.9. The van der Waals surface area contributed by atoms with Crippen LogP contribution in [0.2, 0.25) is 0 Å². The molecule has 0 aromatic heterocycles. The summed E-state index contributed by atoms with van der Waals surface area (Å²) in [7, 11) is 0. The zero-order valence-corrected chi connectivity index (χ0v) is 17.2. The molecule has 0 spiro atoms. The van der Waals surface area contributed by atoms with Gasteiger partial charge in [-0.2, -0.15) is 0 Å². The number of carbonyl (C=O) groups is 3. The number of benzene rings is 3. The van der Waals surface area contributed by atoms with Gasteiger partial charge in [-0.1, -0.05) is 35.9 Å². The van der Waals surface area contributed by atoms with E-state index in [-0.39, 0.29) is 5.91 Å². The van der Waals surface area contributed by atoms with Crippen LogP contribution >= 0.6 is 0 Å². The van der Waals surface area contributed by atoms with Crippen LogP contribution in [0.3, 0.4) is 0 Å². The summed E-state index contributed by atoms with van der Waals surface area (Å²) in [5.74, 6) is -0.655. The van der Waals surface area contributed by atoms with Crippen molar-refractivity contribution < 1.29 is 19.1 Å². The van der Waals surface area contributed by atoms with Crippen molar-refractivity contribution in [3.8, 4) is 5.75 Å². The number of amides is 3. The van der Waals surface area contributed by atoms with Crippen LogP contribution in [0, 0.1) is 6.92 Å². The van der Waals surface area contributed by atoms with Crippen LogP contribution in [0.4, 0.5) is 5.69 Å². The molecular weight excluding hydrogens is 394 g/mol. The molecular formula is C24H23N3O4. The van der Waals surface area contributed by atoms with Gasteiger partial charge >= 0.3 is 0 Å². The number of anilines is 1. The summed E-state index contributed by atoms with van der Waals surface area (Å²) in [6.45, 7) is 3.55. The fourth-order valence-corrected chi connectivity index (χ4v) is 2.66. The van der Waals surface area contributed by atoms with Crippen LogP contribution in [-0.4, -0.2) is 23.8 Å². The molecule has 0 radical (unpaired) electrons. The Morgan fingerprint density at radius 3 is 2.00 bits per heavy atom. The van der Waals surface area contributed by atoms with E-state index in [9.17, 15) is 14.4 Å². The number of nitrogens with one attached hydrogen (secondary N) is 3. The molecule has 31 heavy (non-hydrogen) atoms. The van der Waals surface area contributed by atoms with Crippen molar-refractivity contribution in [2.45, 2.75) is 20.0 Å². The Bertz CT molecular complexity index is 1050. The van der Waals surface area contributed by atoms with Crippen molar-refractivity contribution in [1.82, 2.24) is 10.9 Å². The van der Waals surface area contributed by atoms with Crippen molar-refractivity contribution in [2.75, 3.05) is 5.32 Å². The molecule has 3 aromatic carbocycles. The zero-order valence-electron chi connectivity index (χ0n) is 17.2. The van der Waals surface area contributed by atoms with Crippen LogP contribution < -0.4 is 20.9 Å². The van der Waals surface area contributed by atoms with Gasteiger partial charge in [0.15, 0.2) is 6.10 Å². The number of hydrogen-bond acceptors (Lipinski definition) is 4. The molecule has 0 aliphatic heterocycles. The highest BCUT2D eigenvalue weighted by atomic mass is 16.5. The van der Waals surface area contributed by atoms with Gasteiger partial charge in [-0.05, 0) is 62.4 Å². The molecule has 3 aromatic rings. The van der Waals surface area contributed by atoms with E-state index in [2.05, 4.69) is 16.2 Å². The predicted octanol–water partition coefficient (Wildman–Crippen LogP) is 3.48. The fourth-order valence-electron chi connectivity index (χ4n) is 2.66. The minimum atomic E-state index is -0.793. The van der Waals surface area contributed by atoms with Gasteiger partial charge in [0.05, 0.1) is 0 Å². The van der Waals surface area contributed by atoms with Crippen LogP contribution in [-0.2, 0) is 4.79 Å². The smallest absolute Gasteiger partial charge is 0.279 e.